The van der Waals surface area contributed by atoms with E-state index in [4.69, 9.17) is 37.0 Å². The van der Waals surface area contributed by atoms with Crippen LogP contribution in [0.2, 0.25) is 5.28 Å². The lowest BCUT2D eigenvalue weighted by Gasteiger charge is -2.50. The smallest absolute Gasteiger partial charge is 0.346 e. The Balaban J connectivity index is 1.11. The van der Waals surface area contributed by atoms with Crippen LogP contribution in [0.25, 0.3) is 11.4 Å². The number of nitrogens with zero attached hydrogens (tertiary/aromatic N) is 9. The molecule has 1 spiro atoms. The van der Waals surface area contributed by atoms with Crippen molar-refractivity contribution in [3.05, 3.63) is 50.2 Å². The molecular formula is C36H42ClN11O2S. The van der Waals surface area contributed by atoms with Crippen LogP contribution in [0.5, 0.6) is 0 Å². The van der Waals surface area contributed by atoms with E-state index in [1.165, 1.54) is 9.56 Å². The summed E-state index contributed by atoms with van der Waals surface area (Å²) in [5, 5.41) is 23.5. The molecule has 0 radical (unpaired) electrons. The third-order valence-corrected chi connectivity index (χ3v) is 13.1. The summed E-state index contributed by atoms with van der Waals surface area (Å²) in [6, 6.07) is 4.45. The number of fused-ring (bicyclic) bond motifs is 4. The van der Waals surface area contributed by atoms with Gasteiger partial charge < -0.3 is 25.4 Å². The van der Waals surface area contributed by atoms with Gasteiger partial charge in [0.15, 0.2) is 5.76 Å². The summed E-state index contributed by atoms with van der Waals surface area (Å²) in [5.74, 6) is 2.40. The van der Waals surface area contributed by atoms with Gasteiger partial charge in [0, 0.05) is 59.7 Å². The molecule has 13 nitrogen and oxygen atoms in total. The number of aromatic nitrogens is 6. The number of halogens is 1. The van der Waals surface area contributed by atoms with Crippen LogP contribution in [0.4, 0.5) is 15.7 Å². The predicted octanol–water partition coefficient (Wildman–Crippen LogP) is 5.59. The zero-order valence-electron chi connectivity index (χ0n) is 29.0. The highest BCUT2D eigenvalue weighted by Gasteiger charge is 2.49. The van der Waals surface area contributed by atoms with Gasteiger partial charge in [-0.1, -0.05) is 5.16 Å². The quantitative estimate of drug-likeness (QED) is 0.263. The van der Waals surface area contributed by atoms with Crippen LogP contribution in [-0.4, -0.2) is 78.6 Å². The number of carbonyl (C=O) groups is 1. The lowest BCUT2D eigenvalue weighted by Crippen LogP contribution is -2.62. The molecule has 3 aliphatic carbocycles. The van der Waals surface area contributed by atoms with Crippen LogP contribution in [-0.2, 0) is 24.7 Å². The minimum Gasteiger partial charge on any atom is -0.389 e. The number of aryl methyl sites for hydroxylation is 1. The Morgan fingerprint density at radius 2 is 2.00 bits per heavy atom. The third-order valence-electron chi connectivity index (χ3n) is 11.9. The molecule has 1 saturated carbocycles. The number of thiophene rings is 1. The van der Waals surface area contributed by atoms with E-state index in [2.05, 4.69) is 40.2 Å². The van der Waals surface area contributed by atoms with Crippen molar-refractivity contribution in [2.24, 2.45) is 0 Å². The summed E-state index contributed by atoms with van der Waals surface area (Å²) in [4.78, 5) is 34.1. The van der Waals surface area contributed by atoms with Crippen molar-refractivity contribution >= 4 is 39.9 Å². The molecule has 0 bridgehead atoms. The predicted molar refractivity (Wildman–Crippen MR) is 193 cm³/mol. The number of carbonyl (C=O) groups excluding carboxylic acids is 1. The zero-order valence-corrected chi connectivity index (χ0v) is 30.6. The number of nitrogen functional groups attached to an aromatic ring is 1. The molecule has 3 atom stereocenters. The number of rotatable bonds is 5. The first-order valence-corrected chi connectivity index (χ1v) is 19.5. The van der Waals surface area contributed by atoms with E-state index in [-0.39, 0.29) is 23.3 Å². The zero-order chi connectivity index (χ0) is 35.1. The van der Waals surface area contributed by atoms with Crippen molar-refractivity contribution in [3.8, 4) is 17.5 Å². The van der Waals surface area contributed by atoms with E-state index in [0.29, 0.717) is 35.3 Å². The Morgan fingerprint density at radius 3 is 2.76 bits per heavy atom. The molecule has 15 heteroatoms. The van der Waals surface area contributed by atoms with Gasteiger partial charge in [-0.2, -0.15) is 9.94 Å². The van der Waals surface area contributed by atoms with E-state index in [0.717, 1.165) is 118 Å². The highest BCUT2D eigenvalue weighted by atomic mass is 35.5. The number of hydrogen-bond donors (Lipinski definition) is 2. The van der Waals surface area contributed by atoms with Crippen molar-refractivity contribution in [2.75, 3.05) is 36.8 Å². The molecule has 4 aromatic heterocycles. The van der Waals surface area contributed by atoms with Gasteiger partial charge in [-0.15, -0.1) is 16.4 Å². The fourth-order valence-electron chi connectivity index (χ4n) is 9.04. The first kappa shape index (κ1) is 32.8. The van der Waals surface area contributed by atoms with Crippen LogP contribution in [0.3, 0.4) is 0 Å². The van der Waals surface area contributed by atoms with Crippen molar-refractivity contribution in [1.29, 1.82) is 5.26 Å². The second-order valence-corrected chi connectivity index (χ2v) is 16.8. The standard InChI is InChI=1S/C36H42ClN11O2S/c1-20-19-40-13-5-14-46(20)33-41-22(17-35(2)12-15-47(35)34(49)48-31(21-8-9-21)43-32(37)44-48)16-25(42-33)28-23-6-3-10-36(29(23)50-45-28)11-4-7-26-27(36)24(18-38)30(39)51-26/h16,20-21,40H,3-15,17,19,39H2,1-2H3/t20?,35?,36-/m0/s1. The van der Waals surface area contributed by atoms with Gasteiger partial charge in [-0.05, 0) is 108 Å². The SMILES string of the molecule is CC1CNCCCN1c1nc(CC2(C)CCN2C(=O)n2nc(Cl)nc2C2CC2)cc(-c2noc3c2CCC[C@@]32CCCc3sc(N)c(C#N)c32)n1. The molecule has 6 heterocycles. The minimum atomic E-state index is -0.483. The van der Waals surface area contributed by atoms with E-state index in [1.54, 1.807) is 11.3 Å². The Bertz CT molecular complexity index is 2080. The summed E-state index contributed by atoms with van der Waals surface area (Å²) in [5.41, 5.74) is 10.5. The number of hydrogen-bond acceptors (Lipinski definition) is 12. The maximum atomic E-state index is 13.9. The Labute approximate surface area is 305 Å². The Morgan fingerprint density at radius 1 is 1.18 bits per heavy atom. The van der Waals surface area contributed by atoms with Crippen molar-refractivity contribution in [2.45, 2.75) is 107 Å². The van der Waals surface area contributed by atoms with Gasteiger partial charge in [0.05, 0.1) is 16.7 Å². The molecule has 4 aromatic rings. The molecule has 5 aliphatic rings. The van der Waals surface area contributed by atoms with Crippen LogP contribution in [0, 0.1) is 11.3 Å². The molecule has 9 rings (SSSR count). The van der Waals surface area contributed by atoms with Gasteiger partial charge >= 0.3 is 6.03 Å². The summed E-state index contributed by atoms with van der Waals surface area (Å²) in [6.07, 6.45) is 9.81. The minimum absolute atomic E-state index is 0.104. The van der Waals surface area contributed by atoms with Crippen LogP contribution in [0.15, 0.2) is 10.6 Å². The molecule has 266 valence electrons. The largest absolute Gasteiger partial charge is 0.389 e. The summed E-state index contributed by atoms with van der Waals surface area (Å²) < 4.78 is 7.79. The van der Waals surface area contributed by atoms with Gasteiger partial charge in [-0.25, -0.2) is 19.7 Å². The van der Waals surface area contributed by atoms with Crippen molar-refractivity contribution < 1.29 is 9.32 Å². The molecule has 2 unspecified atom stereocenters. The van der Waals surface area contributed by atoms with E-state index >= 15 is 0 Å². The second kappa shape index (κ2) is 12.3. The molecule has 2 aliphatic heterocycles. The second-order valence-electron chi connectivity index (χ2n) is 15.3. The lowest BCUT2D eigenvalue weighted by atomic mass is 9.63. The van der Waals surface area contributed by atoms with Crippen molar-refractivity contribution in [3.63, 3.8) is 0 Å². The number of likely N-dealkylation sites (tertiary alicyclic amines) is 1. The summed E-state index contributed by atoms with van der Waals surface area (Å²) in [7, 11) is 0. The monoisotopic (exact) mass is 727 g/mol. The highest BCUT2D eigenvalue weighted by molar-refractivity contribution is 7.16. The average molecular weight is 728 g/mol. The van der Waals surface area contributed by atoms with E-state index in [9.17, 15) is 10.1 Å². The Kier molecular flexibility index (Phi) is 7.90. The molecule has 3 fully saturated rings. The highest BCUT2D eigenvalue weighted by Crippen LogP contribution is 2.55. The first-order valence-electron chi connectivity index (χ1n) is 18.3. The van der Waals surface area contributed by atoms with E-state index in [1.807, 2.05) is 11.0 Å². The van der Waals surface area contributed by atoms with Crippen molar-refractivity contribution in [1.82, 2.24) is 40.1 Å². The topological polar surface area (TPSA) is 168 Å². The molecule has 1 amide bonds. The maximum absolute atomic E-state index is 13.9. The number of nitrogens with one attached hydrogen (secondary N) is 1. The Hall–Kier alpha value is -4.06. The van der Waals surface area contributed by atoms with Gasteiger partial charge in [0.25, 0.3) is 0 Å². The number of nitriles is 1. The number of amides is 1. The molecule has 51 heavy (non-hydrogen) atoms. The fourth-order valence-corrected chi connectivity index (χ4v) is 10.4. The number of anilines is 2. The van der Waals surface area contributed by atoms with Crippen LogP contribution < -0.4 is 16.0 Å². The summed E-state index contributed by atoms with van der Waals surface area (Å²) >= 11 is 7.74. The van der Waals surface area contributed by atoms with Gasteiger partial charge in [-0.3, -0.25) is 0 Å². The van der Waals surface area contributed by atoms with Crippen LogP contribution >= 0.6 is 22.9 Å². The number of nitrogens with two attached hydrogens (primary N) is 1. The molecule has 3 N–H and O–H groups in total. The molecular weight excluding hydrogens is 686 g/mol. The average Bonchev–Trinajstić information content (AvgIpc) is 3.67. The normalized spacial score (nSPS) is 26.0. The molecule has 2 saturated heterocycles. The van der Waals surface area contributed by atoms with Gasteiger partial charge in [0.1, 0.15) is 22.6 Å². The van der Waals surface area contributed by atoms with Gasteiger partial charge in [0.2, 0.25) is 11.2 Å². The lowest BCUT2D eigenvalue weighted by molar-refractivity contribution is 0.0368. The summed E-state index contributed by atoms with van der Waals surface area (Å²) in [6.45, 7) is 7.54. The third kappa shape index (κ3) is 5.34. The molecule has 0 aromatic carbocycles. The first-order chi connectivity index (χ1) is 24.7. The van der Waals surface area contributed by atoms with Crippen LogP contribution in [0.1, 0.15) is 110 Å². The maximum Gasteiger partial charge on any atom is 0.346 e. The van der Waals surface area contributed by atoms with E-state index < -0.39 is 11.0 Å². The fraction of sp³-hybridized carbons (Fsp3) is 0.583.